The summed E-state index contributed by atoms with van der Waals surface area (Å²) in [5.74, 6) is 0.806. The highest BCUT2D eigenvalue weighted by molar-refractivity contribution is 5.93. The summed E-state index contributed by atoms with van der Waals surface area (Å²) in [5, 5.41) is 10.4. The van der Waals surface area contributed by atoms with Crippen LogP contribution in [-0.4, -0.2) is 15.8 Å². The van der Waals surface area contributed by atoms with Crippen LogP contribution in [0.1, 0.15) is 6.92 Å². The Balaban J connectivity index is 2.01. The highest BCUT2D eigenvalue weighted by atomic mass is 19.1. The number of benzene rings is 2. The lowest BCUT2D eigenvalue weighted by atomic mass is 10.2. The molecule has 100 valence electrons. The number of fused-ring (bicyclic) bond motifs is 1. The maximum atomic E-state index is 12.9. The molecule has 0 unspecified atom stereocenters. The van der Waals surface area contributed by atoms with Gasteiger partial charge in [0, 0.05) is 11.3 Å². The SMILES string of the molecule is CC(=N)Nc1ccc2[nH]c(-c3ccc(F)cc3)nc2c1. The van der Waals surface area contributed by atoms with Crippen LogP contribution in [0.4, 0.5) is 10.1 Å². The van der Waals surface area contributed by atoms with E-state index in [-0.39, 0.29) is 5.82 Å². The van der Waals surface area contributed by atoms with Gasteiger partial charge in [-0.05, 0) is 49.4 Å². The minimum atomic E-state index is -0.266. The van der Waals surface area contributed by atoms with E-state index in [2.05, 4.69) is 15.3 Å². The first-order valence-electron chi connectivity index (χ1n) is 6.20. The van der Waals surface area contributed by atoms with E-state index >= 15 is 0 Å². The van der Waals surface area contributed by atoms with Crippen molar-refractivity contribution < 1.29 is 4.39 Å². The number of anilines is 1. The first-order chi connectivity index (χ1) is 9.61. The Morgan fingerprint density at radius 2 is 1.95 bits per heavy atom. The summed E-state index contributed by atoms with van der Waals surface area (Å²) in [6.07, 6.45) is 0. The number of halogens is 1. The van der Waals surface area contributed by atoms with E-state index < -0.39 is 0 Å². The van der Waals surface area contributed by atoms with Crippen LogP contribution in [0.25, 0.3) is 22.4 Å². The molecule has 0 saturated heterocycles. The Morgan fingerprint density at radius 3 is 2.65 bits per heavy atom. The fourth-order valence-electron chi connectivity index (χ4n) is 2.04. The van der Waals surface area contributed by atoms with E-state index in [9.17, 15) is 4.39 Å². The largest absolute Gasteiger partial charge is 0.344 e. The lowest BCUT2D eigenvalue weighted by Crippen LogP contribution is -2.04. The summed E-state index contributed by atoms with van der Waals surface area (Å²) in [5.41, 5.74) is 3.36. The lowest BCUT2D eigenvalue weighted by molar-refractivity contribution is 0.628. The number of hydrogen-bond donors (Lipinski definition) is 3. The topological polar surface area (TPSA) is 64.6 Å². The van der Waals surface area contributed by atoms with Gasteiger partial charge in [0.1, 0.15) is 11.6 Å². The fourth-order valence-corrected chi connectivity index (χ4v) is 2.04. The van der Waals surface area contributed by atoms with E-state index in [1.54, 1.807) is 19.1 Å². The highest BCUT2D eigenvalue weighted by Crippen LogP contribution is 2.23. The third-order valence-electron chi connectivity index (χ3n) is 2.93. The zero-order valence-corrected chi connectivity index (χ0v) is 10.9. The highest BCUT2D eigenvalue weighted by Gasteiger charge is 2.06. The molecule has 2 aromatic carbocycles. The maximum Gasteiger partial charge on any atom is 0.138 e. The van der Waals surface area contributed by atoms with Crippen LogP contribution >= 0.6 is 0 Å². The molecule has 3 aromatic rings. The van der Waals surface area contributed by atoms with E-state index in [1.807, 2.05) is 18.2 Å². The Morgan fingerprint density at radius 1 is 1.20 bits per heavy atom. The molecule has 1 heterocycles. The minimum Gasteiger partial charge on any atom is -0.344 e. The molecule has 5 heteroatoms. The molecule has 0 atom stereocenters. The second kappa shape index (κ2) is 4.77. The van der Waals surface area contributed by atoms with Gasteiger partial charge in [0.25, 0.3) is 0 Å². The first-order valence-corrected chi connectivity index (χ1v) is 6.20. The number of H-pyrrole nitrogens is 1. The molecule has 3 N–H and O–H groups in total. The summed E-state index contributed by atoms with van der Waals surface area (Å²) in [6, 6.07) is 11.9. The fraction of sp³-hybridized carbons (Fsp3) is 0.0667. The smallest absolute Gasteiger partial charge is 0.138 e. The number of aromatic amines is 1. The zero-order chi connectivity index (χ0) is 14.1. The van der Waals surface area contributed by atoms with Gasteiger partial charge >= 0.3 is 0 Å². The van der Waals surface area contributed by atoms with Gasteiger partial charge in [0.2, 0.25) is 0 Å². The third kappa shape index (κ3) is 2.38. The van der Waals surface area contributed by atoms with Crippen LogP contribution in [0.3, 0.4) is 0 Å². The molecule has 0 spiro atoms. The number of nitrogens with zero attached hydrogens (tertiary/aromatic N) is 1. The van der Waals surface area contributed by atoms with Crippen molar-refractivity contribution in [1.82, 2.24) is 9.97 Å². The molecule has 0 aliphatic carbocycles. The van der Waals surface area contributed by atoms with Crippen LogP contribution in [-0.2, 0) is 0 Å². The lowest BCUT2D eigenvalue weighted by Gasteiger charge is -2.02. The van der Waals surface area contributed by atoms with Crippen LogP contribution < -0.4 is 5.32 Å². The molecule has 0 aliphatic rings. The van der Waals surface area contributed by atoms with E-state index in [4.69, 9.17) is 5.41 Å². The van der Waals surface area contributed by atoms with Gasteiger partial charge in [-0.2, -0.15) is 0 Å². The van der Waals surface area contributed by atoms with E-state index in [1.165, 1.54) is 12.1 Å². The van der Waals surface area contributed by atoms with Crippen molar-refractivity contribution >= 4 is 22.6 Å². The molecule has 0 fully saturated rings. The van der Waals surface area contributed by atoms with E-state index in [0.717, 1.165) is 22.3 Å². The Bertz CT molecular complexity index is 774. The van der Waals surface area contributed by atoms with Crippen molar-refractivity contribution in [2.45, 2.75) is 6.92 Å². The molecule has 4 nitrogen and oxygen atoms in total. The monoisotopic (exact) mass is 268 g/mol. The summed E-state index contributed by atoms with van der Waals surface area (Å²) >= 11 is 0. The van der Waals surface area contributed by atoms with Crippen molar-refractivity contribution in [1.29, 1.82) is 5.41 Å². The summed E-state index contributed by atoms with van der Waals surface area (Å²) < 4.78 is 12.9. The molecule has 0 saturated carbocycles. The Hall–Kier alpha value is -2.69. The van der Waals surface area contributed by atoms with Crippen LogP contribution in [0.5, 0.6) is 0 Å². The van der Waals surface area contributed by atoms with Crippen molar-refractivity contribution in [2.75, 3.05) is 5.32 Å². The number of nitrogens with one attached hydrogen (secondary N) is 3. The normalized spacial score (nSPS) is 10.7. The van der Waals surface area contributed by atoms with Crippen LogP contribution in [0.15, 0.2) is 42.5 Å². The number of amidine groups is 1. The predicted octanol–water partition coefficient (Wildman–Crippen LogP) is 3.78. The number of imidazole rings is 1. The molecule has 20 heavy (non-hydrogen) atoms. The van der Waals surface area contributed by atoms with E-state index in [0.29, 0.717) is 11.7 Å². The summed E-state index contributed by atoms with van der Waals surface area (Å²) in [4.78, 5) is 7.69. The quantitative estimate of drug-likeness (QED) is 0.489. The average molecular weight is 268 g/mol. The predicted molar refractivity (Wildman–Crippen MR) is 78.5 cm³/mol. The molecule has 0 amide bonds. The van der Waals surface area contributed by atoms with Gasteiger partial charge in [-0.15, -0.1) is 0 Å². The first kappa shape index (κ1) is 12.3. The van der Waals surface area contributed by atoms with Gasteiger partial charge in [-0.25, -0.2) is 9.37 Å². The molecule has 3 rings (SSSR count). The zero-order valence-electron chi connectivity index (χ0n) is 10.9. The van der Waals surface area contributed by atoms with Crippen molar-refractivity contribution in [3.8, 4) is 11.4 Å². The third-order valence-corrected chi connectivity index (χ3v) is 2.93. The van der Waals surface area contributed by atoms with Gasteiger partial charge in [-0.3, -0.25) is 5.41 Å². The molecule has 0 aliphatic heterocycles. The molecule has 0 radical (unpaired) electrons. The number of rotatable bonds is 2. The Labute approximate surface area is 115 Å². The van der Waals surface area contributed by atoms with Gasteiger partial charge in [0.05, 0.1) is 16.9 Å². The standard InChI is InChI=1S/C15H13FN4/c1-9(17)18-12-6-7-13-14(8-12)20-15(19-13)10-2-4-11(16)5-3-10/h2-8H,1H3,(H2,17,18)(H,19,20). The minimum absolute atomic E-state index is 0.266. The second-order valence-electron chi connectivity index (χ2n) is 4.57. The van der Waals surface area contributed by atoms with Crippen molar-refractivity contribution in [3.05, 3.63) is 48.3 Å². The number of hydrogen-bond acceptors (Lipinski definition) is 2. The molecule has 0 bridgehead atoms. The second-order valence-corrected chi connectivity index (χ2v) is 4.57. The molecular weight excluding hydrogens is 255 g/mol. The van der Waals surface area contributed by atoms with Gasteiger partial charge in [-0.1, -0.05) is 0 Å². The van der Waals surface area contributed by atoms with Gasteiger partial charge < -0.3 is 10.3 Å². The Kier molecular flexibility index (Phi) is 2.95. The van der Waals surface area contributed by atoms with Crippen molar-refractivity contribution in [2.24, 2.45) is 0 Å². The van der Waals surface area contributed by atoms with Crippen LogP contribution in [0.2, 0.25) is 0 Å². The molecule has 1 aromatic heterocycles. The number of aromatic nitrogens is 2. The van der Waals surface area contributed by atoms with Crippen LogP contribution in [0, 0.1) is 11.2 Å². The summed E-state index contributed by atoms with van der Waals surface area (Å²) in [6.45, 7) is 1.68. The average Bonchev–Trinajstić information content (AvgIpc) is 2.81. The maximum absolute atomic E-state index is 12.9. The summed E-state index contributed by atoms with van der Waals surface area (Å²) in [7, 11) is 0. The molecular formula is C15H13FN4. The van der Waals surface area contributed by atoms with Gasteiger partial charge in [0.15, 0.2) is 0 Å². The van der Waals surface area contributed by atoms with Crippen molar-refractivity contribution in [3.63, 3.8) is 0 Å².